The number of ether oxygens (including phenoxy) is 1. The summed E-state index contributed by atoms with van der Waals surface area (Å²) in [6.07, 6.45) is 2.85. The molecule has 1 aromatic carbocycles. The van der Waals surface area contributed by atoms with Crippen molar-refractivity contribution in [2.75, 3.05) is 13.2 Å². The van der Waals surface area contributed by atoms with Crippen LogP contribution >= 0.6 is 0 Å². The summed E-state index contributed by atoms with van der Waals surface area (Å²) in [7, 11) is 0. The zero-order valence-electron chi connectivity index (χ0n) is 12.0. The van der Waals surface area contributed by atoms with Crippen LogP contribution in [-0.2, 0) is 20.9 Å². The molecule has 0 spiro atoms. The van der Waals surface area contributed by atoms with Gasteiger partial charge in [0.05, 0.1) is 0 Å². The van der Waals surface area contributed by atoms with Crippen LogP contribution in [0.3, 0.4) is 0 Å². The SMILES string of the molecule is O=C(NCc1ccccc1)C1COC(=O)[C@@H]2CCCCN12. The van der Waals surface area contributed by atoms with Gasteiger partial charge in [0.25, 0.3) is 0 Å². The Hall–Kier alpha value is -1.88. The van der Waals surface area contributed by atoms with Crippen molar-refractivity contribution >= 4 is 11.9 Å². The number of amides is 1. The Morgan fingerprint density at radius 1 is 1.29 bits per heavy atom. The van der Waals surface area contributed by atoms with E-state index >= 15 is 0 Å². The van der Waals surface area contributed by atoms with Crippen molar-refractivity contribution in [3.05, 3.63) is 35.9 Å². The third-order valence-electron chi connectivity index (χ3n) is 4.21. The summed E-state index contributed by atoms with van der Waals surface area (Å²) in [6, 6.07) is 9.21. The maximum absolute atomic E-state index is 12.4. The smallest absolute Gasteiger partial charge is 0.323 e. The second-order valence-corrected chi connectivity index (χ2v) is 5.60. The molecule has 21 heavy (non-hydrogen) atoms. The second kappa shape index (κ2) is 6.26. The standard InChI is InChI=1S/C16H20N2O3/c19-15(17-10-12-6-2-1-3-7-12)14-11-21-16(20)13-8-4-5-9-18(13)14/h1-3,6-7,13-14H,4-5,8-11H2,(H,17,19)/t13-,14?/m0/s1. The third kappa shape index (κ3) is 3.08. The van der Waals surface area contributed by atoms with Crippen molar-refractivity contribution < 1.29 is 14.3 Å². The molecule has 2 saturated heterocycles. The normalized spacial score (nSPS) is 25.8. The molecule has 2 atom stereocenters. The van der Waals surface area contributed by atoms with Crippen molar-refractivity contribution in [2.45, 2.75) is 37.9 Å². The summed E-state index contributed by atoms with van der Waals surface area (Å²) in [5.74, 6) is -0.236. The van der Waals surface area contributed by atoms with Crippen LogP contribution in [-0.4, -0.2) is 42.0 Å². The van der Waals surface area contributed by atoms with Gasteiger partial charge in [-0.15, -0.1) is 0 Å². The van der Waals surface area contributed by atoms with Crippen LogP contribution in [0.4, 0.5) is 0 Å². The molecule has 2 heterocycles. The molecule has 1 N–H and O–H groups in total. The van der Waals surface area contributed by atoms with E-state index in [2.05, 4.69) is 5.32 Å². The number of fused-ring (bicyclic) bond motifs is 1. The zero-order chi connectivity index (χ0) is 14.7. The van der Waals surface area contributed by atoms with Gasteiger partial charge in [-0.3, -0.25) is 14.5 Å². The van der Waals surface area contributed by atoms with Gasteiger partial charge in [-0.05, 0) is 24.9 Å². The average Bonchev–Trinajstić information content (AvgIpc) is 2.54. The molecule has 2 fully saturated rings. The van der Waals surface area contributed by atoms with E-state index < -0.39 is 0 Å². The molecular formula is C16H20N2O3. The van der Waals surface area contributed by atoms with Crippen LogP contribution in [0.1, 0.15) is 24.8 Å². The Kier molecular flexibility index (Phi) is 4.20. The lowest BCUT2D eigenvalue weighted by Crippen LogP contribution is -2.61. The van der Waals surface area contributed by atoms with Crippen LogP contribution in [0, 0.1) is 0 Å². The number of morpholine rings is 1. The molecule has 1 amide bonds. The number of piperidine rings is 1. The van der Waals surface area contributed by atoms with Crippen LogP contribution in [0.2, 0.25) is 0 Å². The van der Waals surface area contributed by atoms with E-state index in [-0.39, 0.29) is 30.6 Å². The molecule has 1 aromatic rings. The lowest BCUT2D eigenvalue weighted by molar-refractivity contribution is -0.167. The Morgan fingerprint density at radius 2 is 2.10 bits per heavy atom. The van der Waals surface area contributed by atoms with E-state index in [1.165, 1.54) is 0 Å². The third-order valence-corrected chi connectivity index (χ3v) is 4.21. The summed E-state index contributed by atoms with van der Waals surface area (Å²) in [4.78, 5) is 26.2. The predicted octanol–water partition coefficient (Wildman–Crippen LogP) is 1.08. The molecule has 5 heteroatoms. The lowest BCUT2D eigenvalue weighted by Gasteiger charge is -2.42. The average molecular weight is 288 g/mol. The summed E-state index contributed by atoms with van der Waals surface area (Å²) in [6.45, 7) is 1.46. The number of rotatable bonds is 3. The summed E-state index contributed by atoms with van der Waals surface area (Å²) >= 11 is 0. The molecule has 2 aliphatic rings. The van der Waals surface area contributed by atoms with Crippen LogP contribution in [0.15, 0.2) is 30.3 Å². The van der Waals surface area contributed by atoms with Gasteiger partial charge in [-0.2, -0.15) is 0 Å². The minimum atomic E-state index is -0.350. The highest BCUT2D eigenvalue weighted by molar-refractivity contribution is 5.85. The largest absolute Gasteiger partial charge is 0.462 e. The highest BCUT2D eigenvalue weighted by Gasteiger charge is 2.42. The molecule has 0 saturated carbocycles. The molecular weight excluding hydrogens is 268 g/mol. The minimum absolute atomic E-state index is 0.0572. The number of nitrogens with zero attached hydrogens (tertiary/aromatic N) is 1. The first kappa shape index (κ1) is 14.1. The van der Waals surface area contributed by atoms with Gasteiger partial charge < -0.3 is 10.1 Å². The molecule has 0 aliphatic carbocycles. The van der Waals surface area contributed by atoms with Gasteiger partial charge in [0.15, 0.2) is 0 Å². The van der Waals surface area contributed by atoms with Gasteiger partial charge >= 0.3 is 5.97 Å². The van der Waals surface area contributed by atoms with Crippen molar-refractivity contribution in [3.63, 3.8) is 0 Å². The Bertz CT molecular complexity index is 518. The van der Waals surface area contributed by atoms with Crippen molar-refractivity contribution in [2.24, 2.45) is 0 Å². The van der Waals surface area contributed by atoms with E-state index in [0.717, 1.165) is 31.4 Å². The van der Waals surface area contributed by atoms with E-state index in [9.17, 15) is 9.59 Å². The maximum Gasteiger partial charge on any atom is 0.323 e. The summed E-state index contributed by atoms with van der Waals surface area (Å²) in [5.41, 5.74) is 1.06. The molecule has 3 rings (SSSR count). The van der Waals surface area contributed by atoms with Gasteiger partial charge in [-0.25, -0.2) is 0 Å². The van der Waals surface area contributed by atoms with E-state index in [1.807, 2.05) is 35.2 Å². The van der Waals surface area contributed by atoms with Crippen LogP contribution in [0.5, 0.6) is 0 Å². The minimum Gasteiger partial charge on any atom is -0.462 e. The highest BCUT2D eigenvalue weighted by Crippen LogP contribution is 2.24. The van der Waals surface area contributed by atoms with Crippen LogP contribution in [0.25, 0.3) is 0 Å². The molecule has 2 aliphatic heterocycles. The predicted molar refractivity (Wildman–Crippen MR) is 77.4 cm³/mol. The van der Waals surface area contributed by atoms with Crippen LogP contribution < -0.4 is 5.32 Å². The number of cyclic esters (lactones) is 1. The fourth-order valence-electron chi connectivity index (χ4n) is 3.06. The van der Waals surface area contributed by atoms with Gasteiger partial charge in [-0.1, -0.05) is 36.8 Å². The Balaban J connectivity index is 1.62. The van der Waals surface area contributed by atoms with E-state index in [1.54, 1.807) is 0 Å². The zero-order valence-corrected chi connectivity index (χ0v) is 12.0. The number of hydrogen-bond acceptors (Lipinski definition) is 4. The Morgan fingerprint density at radius 3 is 2.90 bits per heavy atom. The van der Waals surface area contributed by atoms with E-state index in [0.29, 0.717) is 6.54 Å². The molecule has 1 unspecified atom stereocenters. The number of benzene rings is 1. The maximum atomic E-state index is 12.4. The first-order chi connectivity index (χ1) is 10.3. The van der Waals surface area contributed by atoms with Crippen molar-refractivity contribution in [3.8, 4) is 0 Å². The summed E-state index contributed by atoms with van der Waals surface area (Å²) in [5, 5.41) is 2.94. The molecule has 5 nitrogen and oxygen atoms in total. The second-order valence-electron chi connectivity index (χ2n) is 5.60. The highest BCUT2D eigenvalue weighted by atomic mass is 16.5. The summed E-state index contributed by atoms with van der Waals surface area (Å²) < 4.78 is 5.19. The number of carbonyl (C=O) groups excluding carboxylic acids is 2. The fraction of sp³-hybridized carbons (Fsp3) is 0.500. The number of nitrogens with one attached hydrogen (secondary N) is 1. The fourth-order valence-corrected chi connectivity index (χ4v) is 3.06. The van der Waals surface area contributed by atoms with Crippen molar-refractivity contribution in [1.82, 2.24) is 10.2 Å². The molecule has 0 aromatic heterocycles. The van der Waals surface area contributed by atoms with Crippen molar-refractivity contribution in [1.29, 1.82) is 0 Å². The first-order valence-corrected chi connectivity index (χ1v) is 7.50. The lowest BCUT2D eigenvalue weighted by atomic mass is 9.98. The number of carbonyl (C=O) groups is 2. The topological polar surface area (TPSA) is 58.6 Å². The molecule has 0 radical (unpaired) electrons. The quantitative estimate of drug-likeness (QED) is 0.846. The number of hydrogen-bond donors (Lipinski definition) is 1. The van der Waals surface area contributed by atoms with Gasteiger partial charge in [0, 0.05) is 6.54 Å². The van der Waals surface area contributed by atoms with Gasteiger partial charge in [0.1, 0.15) is 18.7 Å². The molecule has 0 bridgehead atoms. The van der Waals surface area contributed by atoms with E-state index in [4.69, 9.17) is 4.74 Å². The molecule has 112 valence electrons. The van der Waals surface area contributed by atoms with Gasteiger partial charge in [0.2, 0.25) is 5.91 Å². The Labute approximate surface area is 124 Å². The first-order valence-electron chi connectivity index (χ1n) is 7.50. The monoisotopic (exact) mass is 288 g/mol. The number of esters is 1.